The molecule has 2 heterocycles. The third-order valence-electron chi connectivity index (χ3n) is 2.82. The number of halogens is 3. The molecule has 1 aromatic rings. The Morgan fingerprint density at radius 2 is 2.10 bits per heavy atom. The summed E-state index contributed by atoms with van der Waals surface area (Å²) in [5.74, 6) is 0. The van der Waals surface area contributed by atoms with Crippen LogP contribution in [0.15, 0.2) is 23.2 Å². The molecule has 112 valence electrons. The number of pyridine rings is 1. The van der Waals surface area contributed by atoms with Gasteiger partial charge in [-0.3, -0.25) is 4.98 Å². The molecular formula is C11H13F3N2O3S. The van der Waals surface area contributed by atoms with Gasteiger partial charge in [0.2, 0.25) is 10.0 Å². The van der Waals surface area contributed by atoms with Crippen LogP contribution < -0.4 is 4.72 Å². The molecule has 0 aliphatic carbocycles. The summed E-state index contributed by atoms with van der Waals surface area (Å²) in [6.45, 7) is 0.841. The zero-order valence-corrected chi connectivity index (χ0v) is 11.2. The Morgan fingerprint density at radius 3 is 2.60 bits per heavy atom. The van der Waals surface area contributed by atoms with Gasteiger partial charge in [-0.2, -0.15) is 13.2 Å². The number of sulfonamides is 1. The number of alkyl halides is 3. The highest BCUT2D eigenvalue weighted by Crippen LogP contribution is 2.27. The second-order valence-electron chi connectivity index (χ2n) is 4.41. The molecule has 0 amide bonds. The molecule has 0 spiro atoms. The van der Waals surface area contributed by atoms with Crippen molar-refractivity contribution in [1.82, 2.24) is 9.71 Å². The van der Waals surface area contributed by atoms with Gasteiger partial charge in [0, 0.05) is 18.8 Å². The highest BCUT2D eigenvalue weighted by Gasteiger charge is 2.33. The Labute approximate surface area is 114 Å². The summed E-state index contributed by atoms with van der Waals surface area (Å²) < 4.78 is 68.5. The smallest absolute Gasteiger partial charge is 0.380 e. The molecule has 9 heteroatoms. The van der Waals surface area contributed by atoms with Gasteiger partial charge in [0.25, 0.3) is 0 Å². The number of ether oxygens (including phenoxy) is 1. The second-order valence-corrected chi connectivity index (χ2v) is 6.13. The van der Waals surface area contributed by atoms with Crippen molar-refractivity contribution in [1.29, 1.82) is 0 Å². The lowest BCUT2D eigenvalue weighted by atomic mass is 10.1. The van der Waals surface area contributed by atoms with Gasteiger partial charge in [-0.05, 0) is 25.0 Å². The predicted octanol–water partition coefficient (Wildman–Crippen LogP) is 1.56. The van der Waals surface area contributed by atoms with Crippen LogP contribution in [0.2, 0.25) is 0 Å². The molecule has 0 radical (unpaired) electrons. The van der Waals surface area contributed by atoms with E-state index in [2.05, 4.69) is 9.71 Å². The first-order chi connectivity index (χ1) is 9.29. The number of nitrogens with one attached hydrogen (secondary N) is 1. The van der Waals surface area contributed by atoms with Crippen molar-refractivity contribution in [3.63, 3.8) is 0 Å². The fourth-order valence-electron chi connectivity index (χ4n) is 1.83. The van der Waals surface area contributed by atoms with Gasteiger partial charge < -0.3 is 4.74 Å². The molecule has 0 aromatic carbocycles. The van der Waals surface area contributed by atoms with Crippen molar-refractivity contribution in [2.24, 2.45) is 0 Å². The fraction of sp³-hybridized carbons (Fsp3) is 0.545. The van der Waals surface area contributed by atoms with Crippen LogP contribution in [0, 0.1) is 0 Å². The lowest BCUT2D eigenvalue weighted by Gasteiger charge is -2.22. The summed E-state index contributed by atoms with van der Waals surface area (Å²) in [5, 5.41) is 0. The van der Waals surface area contributed by atoms with Gasteiger partial charge in [0.15, 0.2) is 0 Å². The summed E-state index contributed by atoms with van der Waals surface area (Å²) in [6, 6.07) is 1.17. The van der Waals surface area contributed by atoms with Crippen molar-refractivity contribution in [2.45, 2.75) is 30.0 Å². The third-order valence-corrected chi connectivity index (χ3v) is 4.32. The van der Waals surface area contributed by atoms with E-state index in [-0.39, 0.29) is 17.5 Å². The molecule has 20 heavy (non-hydrogen) atoms. The van der Waals surface area contributed by atoms with Crippen LogP contribution in [0.4, 0.5) is 13.2 Å². The number of rotatable bonds is 3. The molecule has 0 bridgehead atoms. The third kappa shape index (κ3) is 3.68. The van der Waals surface area contributed by atoms with Crippen LogP contribution in [0.3, 0.4) is 0 Å². The van der Waals surface area contributed by atoms with E-state index in [1.807, 2.05) is 0 Å². The summed E-state index contributed by atoms with van der Waals surface area (Å²) in [6.07, 6.45) is -2.52. The van der Waals surface area contributed by atoms with Gasteiger partial charge in [-0.15, -0.1) is 0 Å². The first-order valence-electron chi connectivity index (χ1n) is 5.92. The topological polar surface area (TPSA) is 68.3 Å². The number of nitrogens with zero attached hydrogens (tertiary/aromatic N) is 1. The Kier molecular flexibility index (Phi) is 4.31. The largest absolute Gasteiger partial charge is 0.433 e. The van der Waals surface area contributed by atoms with Crippen molar-refractivity contribution in [2.75, 3.05) is 13.2 Å². The Bertz CT molecular complexity index is 551. The highest BCUT2D eigenvalue weighted by atomic mass is 32.2. The maximum absolute atomic E-state index is 12.3. The molecule has 1 fully saturated rings. The molecule has 1 N–H and O–H groups in total. The minimum atomic E-state index is -4.59. The maximum atomic E-state index is 12.3. The Morgan fingerprint density at radius 1 is 1.35 bits per heavy atom. The van der Waals surface area contributed by atoms with Crippen LogP contribution in [0.25, 0.3) is 0 Å². The van der Waals surface area contributed by atoms with Crippen molar-refractivity contribution < 1.29 is 26.3 Å². The van der Waals surface area contributed by atoms with Crippen LogP contribution in [0.1, 0.15) is 18.5 Å². The number of hydrogen-bond donors (Lipinski definition) is 1. The second kappa shape index (κ2) is 5.66. The normalized spacial score (nSPS) is 20.9. The number of aromatic nitrogens is 1. The average Bonchev–Trinajstić information content (AvgIpc) is 2.38. The van der Waals surface area contributed by atoms with Crippen LogP contribution in [-0.2, 0) is 20.9 Å². The van der Waals surface area contributed by atoms with Gasteiger partial charge in [0.05, 0.1) is 6.61 Å². The van der Waals surface area contributed by atoms with Crippen LogP contribution in [0.5, 0.6) is 0 Å². The molecule has 1 aliphatic heterocycles. The van der Waals surface area contributed by atoms with Crippen molar-refractivity contribution in [3.05, 3.63) is 24.0 Å². The van der Waals surface area contributed by atoms with Gasteiger partial charge in [0.1, 0.15) is 10.6 Å². The maximum Gasteiger partial charge on any atom is 0.433 e. The molecule has 2 rings (SSSR count). The van der Waals surface area contributed by atoms with Crippen LogP contribution in [-0.4, -0.2) is 32.7 Å². The Balaban J connectivity index is 2.13. The van der Waals surface area contributed by atoms with Gasteiger partial charge in [-0.1, -0.05) is 0 Å². The van der Waals surface area contributed by atoms with Gasteiger partial charge in [-0.25, -0.2) is 13.1 Å². The van der Waals surface area contributed by atoms with Crippen molar-refractivity contribution >= 4 is 10.0 Å². The molecular weight excluding hydrogens is 297 g/mol. The molecule has 1 unspecified atom stereocenters. The van der Waals surface area contributed by atoms with Crippen LogP contribution >= 0.6 is 0 Å². The standard InChI is InChI=1S/C11H13F3N2O3S/c12-11(13,14)10-4-3-9(6-15-10)20(17,18)16-8-2-1-5-19-7-8/h3-4,6,8,16H,1-2,5,7H2. The van der Waals surface area contributed by atoms with E-state index in [0.29, 0.717) is 25.3 Å². The quantitative estimate of drug-likeness (QED) is 0.920. The average molecular weight is 310 g/mol. The highest BCUT2D eigenvalue weighted by molar-refractivity contribution is 7.89. The van der Waals surface area contributed by atoms with E-state index in [1.165, 1.54) is 0 Å². The minimum absolute atomic E-state index is 0.257. The summed E-state index contributed by atoms with van der Waals surface area (Å²) in [4.78, 5) is 2.84. The summed E-state index contributed by atoms with van der Waals surface area (Å²) in [5.41, 5.74) is -1.13. The SMILES string of the molecule is O=S(=O)(NC1CCCOC1)c1ccc(C(F)(F)F)nc1. The summed E-state index contributed by atoms with van der Waals surface area (Å²) in [7, 11) is -3.88. The Hall–Kier alpha value is -1.19. The lowest BCUT2D eigenvalue weighted by Crippen LogP contribution is -2.40. The molecule has 1 saturated heterocycles. The lowest BCUT2D eigenvalue weighted by molar-refractivity contribution is -0.141. The van der Waals surface area contributed by atoms with Crippen molar-refractivity contribution in [3.8, 4) is 0 Å². The van der Waals surface area contributed by atoms with E-state index < -0.39 is 21.9 Å². The first kappa shape index (κ1) is 15.2. The first-order valence-corrected chi connectivity index (χ1v) is 7.41. The molecule has 1 aromatic heterocycles. The monoisotopic (exact) mass is 310 g/mol. The molecule has 5 nitrogen and oxygen atoms in total. The van der Waals surface area contributed by atoms with E-state index in [1.54, 1.807) is 0 Å². The minimum Gasteiger partial charge on any atom is -0.380 e. The summed E-state index contributed by atoms with van der Waals surface area (Å²) >= 11 is 0. The van der Waals surface area contributed by atoms with E-state index in [9.17, 15) is 21.6 Å². The fourth-order valence-corrected chi connectivity index (χ4v) is 3.03. The zero-order chi connectivity index (χ0) is 14.8. The zero-order valence-electron chi connectivity index (χ0n) is 10.4. The molecule has 0 saturated carbocycles. The molecule has 1 aliphatic rings. The van der Waals surface area contributed by atoms with E-state index in [0.717, 1.165) is 12.5 Å². The van der Waals surface area contributed by atoms with E-state index in [4.69, 9.17) is 4.74 Å². The number of hydrogen-bond acceptors (Lipinski definition) is 4. The van der Waals surface area contributed by atoms with E-state index >= 15 is 0 Å². The van der Waals surface area contributed by atoms with Gasteiger partial charge >= 0.3 is 6.18 Å². The molecule has 1 atom stereocenters. The predicted molar refractivity (Wildman–Crippen MR) is 63.4 cm³/mol.